The number of thiophene rings is 1. The van der Waals surface area contributed by atoms with Crippen LogP contribution in [0.2, 0.25) is 0 Å². The van der Waals surface area contributed by atoms with Gasteiger partial charge in [0.15, 0.2) is 0 Å². The lowest BCUT2D eigenvalue weighted by Crippen LogP contribution is -2.32. The maximum Gasteiger partial charge on any atom is 0.0951 e. The molecule has 0 aromatic carbocycles. The Bertz CT molecular complexity index is 523. The fourth-order valence-corrected chi connectivity index (χ4v) is 3.26. The monoisotopic (exact) mass is 275 g/mol. The molecule has 0 atom stereocenters. The molecule has 0 saturated heterocycles. The van der Waals surface area contributed by atoms with Crippen molar-refractivity contribution < 1.29 is 0 Å². The van der Waals surface area contributed by atoms with E-state index in [0.29, 0.717) is 6.04 Å². The summed E-state index contributed by atoms with van der Waals surface area (Å²) in [4.78, 5) is 5.71. The van der Waals surface area contributed by atoms with E-state index in [9.17, 15) is 0 Å². The molecule has 3 rings (SSSR count). The highest BCUT2D eigenvalue weighted by Crippen LogP contribution is 2.35. The highest BCUT2D eigenvalue weighted by molar-refractivity contribution is 7.10. The Morgan fingerprint density at radius 3 is 3.00 bits per heavy atom. The van der Waals surface area contributed by atoms with Crippen molar-refractivity contribution in [2.45, 2.75) is 44.7 Å². The van der Waals surface area contributed by atoms with Crippen molar-refractivity contribution in [2.24, 2.45) is 0 Å². The first-order valence-electron chi connectivity index (χ1n) is 6.92. The SMILES string of the molecule is CC(C)(CNCc1cncn1C1CC1)c1cccs1. The van der Waals surface area contributed by atoms with Gasteiger partial charge >= 0.3 is 0 Å². The molecule has 0 radical (unpaired) electrons. The minimum absolute atomic E-state index is 0.193. The molecule has 1 N–H and O–H groups in total. The van der Waals surface area contributed by atoms with E-state index in [1.165, 1.54) is 23.4 Å². The molecule has 1 aliphatic rings. The van der Waals surface area contributed by atoms with E-state index in [-0.39, 0.29) is 5.41 Å². The third-order valence-electron chi connectivity index (χ3n) is 3.75. The molecule has 4 heteroatoms. The van der Waals surface area contributed by atoms with E-state index >= 15 is 0 Å². The van der Waals surface area contributed by atoms with E-state index in [0.717, 1.165) is 13.1 Å². The van der Waals surface area contributed by atoms with Gasteiger partial charge in [0, 0.05) is 35.6 Å². The fourth-order valence-electron chi connectivity index (χ4n) is 2.40. The Morgan fingerprint density at radius 2 is 2.32 bits per heavy atom. The van der Waals surface area contributed by atoms with Crippen molar-refractivity contribution in [3.63, 3.8) is 0 Å². The second-order valence-corrected chi connectivity index (χ2v) is 6.94. The predicted octanol–water partition coefficient (Wildman–Crippen LogP) is 3.35. The standard InChI is InChI=1S/C15H21N3S/c1-15(2,14-4-3-7-19-14)10-16-8-13-9-17-11-18(13)12-5-6-12/h3-4,7,9,11-12,16H,5-6,8,10H2,1-2H3. The molecule has 2 heterocycles. The van der Waals surface area contributed by atoms with Crippen molar-refractivity contribution in [3.8, 4) is 0 Å². The Morgan fingerprint density at radius 1 is 1.47 bits per heavy atom. The van der Waals surface area contributed by atoms with E-state index in [2.05, 4.69) is 46.2 Å². The van der Waals surface area contributed by atoms with Crippen LogP contribution in [0.15, 0.2) is 30.0 Å². The summed E-state index contributed by atoms with van der Waals surface area (Å²) in [6.07, 6.45) is 6.58. The van der Waals surface area contributed by atoms with Gasteiger partial charge in [0.2, 0.25) is 0 Å². The third-order valence-corrected chi connectivity index (χ3v) is 4.98. The van der Waals surface area contributed by atoms with Gasteiger partial charge in [0.05, 0.1) is 12.0 Å². The van der Waals surface area contributed by atoms with Crippen molar-refractivity contribution in [3.05, 3.63) is 40.6 Å². The van der Waals surface area contributed by atoms with Gasteiger partial charge in [-0.05, 0) is 24.3 Å². The topological polar surface area (TPSA) is 29.9 Å². The maximum absolute atomic E-state index is 4.27. The summed E-state index contributed by atoms with van der Waals surface area (Å²) in [5.74, 6) is 0. The predicted molar refractivity (Wildman–Crippen MR) is 79.5 cm³/mol. The number of nitrogens with one attached hydrogen (secondary N) is 1. The molecule has 19 heavy (non-hydrogen) atoms. The average Bonchev–Trinajstić information content (AvgIpc) is 2.92. The minimum atomic E-state index is 0.193. The van der Waals surface area contributed by atoms with Crippen molar-refractivity contribution in [2.75, 3.05) is 6.54 Å². The summed E-state index contributed by atoms with van der Waals surface area (Å²) >= 11 is 1.84. The van der Waals surface area contributed by atoms with Gasteiger partial charge in [-0.3, -0.25) is 0 Å². The number of hydrogen-bond donors (Lipinski definition) is 1. The first kappa shape index (κ1) is 12.9. The lowest BCUT2D eigenvalue weighted by atomic mass is 9.91. The second-order valence-electron chi connectivity index (χ2n) is 5.99. The van der Waals surface area contributed by atoms with Gasteiger partial charge in [0.1, 0.15) is 0 Å². The molecule has 0 bridgehead atoms. The Balaban J connectivity index is 1.56. The van der Waals surface area contributed by atoms with Gasteiger partial charge < -0.3 is 9.88 Å². The number of aromatic nitrogens is 2. The second kappa shape index (κ2) is 5.10. The molecule has 0 aliphatic heterocycles. The summed E-state index contributed by atoms with van der Waals surface area (Å²) in [5, 5.41) is 5.74. The Hall–Kier alpha value is -1.13. The van der Waals surface area contributed by atoms with Crippen LogP contribution in [0.5, 0.6) is 0 Å². The third kappa shape index (κ3) is 2.90. The number of nitrogens with zero attached hydrogens (tertiary/aromatic N) is 2. The maximum atomic E-state index is 4.27. The van der Waals surface area contributed by atoms with Gasteiger partial charge in [-0.2, -0.15) is 0 Å². The first-order valence-corrected chi connectivity index (χ1v) is 7.80. The normalized spacial score (nSPS) is 15.9. The molecule has 1 fully saturated rings. The van der Waals surface area contributed by atoms with Gasteiger partial charge in [-0.25, -0.2) is 4.98 Å². The highest BCUT2D eigenvalue weighted by Gasteiger charge is 2.25. The van der Waals surface area contributed by atoms with Crippen LogP contribution in [0.3, 0.4) is 0 Å². The molecule has 0 unspecified atom stereocenters. The molecule has 3 nitrogen and oxygen atoms in total. The number of imidazole rings is 1. The zero-order chi connectivity index (χ0) is 13.3. The van der Waals surface area contributed by atoms with Crippen LogP contribution in [0.4, 0.5) is 0 Å². The summed E-state index contributed by atoms with van der Waals surface area (Å²) < 4.78 is 2.32. The lowest BCUT2D eigenvalue weighted by molar-refractivity contribution is 0.469. The summed E-state index contributed by atoms with van der Waals surface area (Å²) in [5.41, 5.74) is 1.50. The summed E-state index contributed by atoms with van der Waals surface area (Å²) in [7, 11) is 0. The smallest absolute Gasteiger partial charge is 0.0951 e. The molecule has 1 saturated carbocycles. The fraction of sp³-hybridized carbons (Fsp3) is 0.533. The van der Waals surface area contributed by atoms with Crippen molar-refractivity contribution in [1.82, 2.24) is 14.9 Å². The first-order chi connectivity index (χ1) is 9.17. The lowest BCUT2D eigenvalue weighted by Gasteiger charge is -2.24. The highest BCUT2D eigenvalue weighted by atomic mass is 32.1. The number of rotatable bonds is 6. The minimum Gasteiger partial charge on any atom is -0.330 e. The van der Waals surface area contributed by atoms with E-state index in [1.807, 2.05) is 23.9 Å². The molecular weight excluding hydrogens is 254 g/mol. The summed E-state index contributed by atoms with van der Waals surface area (Å²) in [6, 6.07) is 5.06. The molecule has 2 aromatic rings. The number of hydrogen-bond acceptors (Lipinski definition) is 3. The van der Waals surface area contributed by atoms with Crippen LogP contribution >= 0.6 is 11.3 Å². The van der Waals surface area contributed by atoms with Crippen LogP contribution in [0.1, 0.15) is 43.3 Å². The molecule has 1 aliphatic carbocycles. The van der Waals surface area contributed by atoms with E-state index in [1.54, 1.807) is 0 Å². The van der Waals surface area contributed by atoms with Crippen LogP contribution in [0, 0.1) is 0 Å². The Labute approximate surface area is 118 Å². The quantitative estimate of drug-likeness (QED) is 0.876. The summed E-state index contributed by atoms with van der Waals surface area (Å²) in [6.45, 7) is 6.49. The van der Waals surface area contributed by atoms with Gasteiger partial charge in [-0.15, -0.1) is 11.3 Å². The molecule has 2 aromatic heterocycles. The molecule has 0 spiro atoms. The zero-order valence-corrected chi connectivity index (χ0v) is 12.4. The van der Waals surface area contributed by atoms with Gasteiger partial charge in [-0.1, -0.05) is 19.9 Å². The van der Waals surface area contributed by atoms with Crippen molar-refractivity contribution >= 4 is 11.3 Å². The van der Waals surface area contributed by atoms with E-state index < -0.39 is 0 Å². The van der Waals surface area contributed by atoms with Crippen molar-refractivity contribution in [1.29, 1.82) is 0 Å². The molecule has 102 valence electrons. The zero-order valence-electron chi connectivity index (χ0n) is 11.6. The van der Waals surface area contributed by atoms with Crippen LogP contribution in [0.25, 0.3) is 0 Å². The van der Waals surface area contributed by atoms with E-state index in [4.69, 9.17) is 0 Å². The van der Waals surface area contributed by atoms with Crippen LogP contribution in [-0.2, 0) is 12.0 Å². The van der Waals surface area contributed by atoms with Crippen LogP contribution < -0.4 is 5.32 Å². The largest absolute Gasteiger partial charge is 0.330 e. The Kier molecular flexibility index (Phi) is 3.46. The molecule has 0 amide bonds. The van der Waals surface area contributed by atoms with Gasteiger partial charge in [0.25, 0.3) is 0 Å². The molecular formula is C15H21N3S. The average molecular weight is 275 g/mol. The van der Waals surface area contributed by atoms with Crippen LogP contribution in [-0.4, -0.2) is 16.1 Å².